The first-order valence-electron chi connectivity index (χ1n) is 8.08. The Kier molecular flexibility index (Phi) is 11.1. The van der Waals surface area contributed by atoms with E-state index in [1.54, 1.807) is 30.2 Å². The van der Waals surface area contributed by atoms with Gasteiger partial charge in [0.15, 0.2) is 11.5 Å². The molecule has 1 aliphatic heterocycles. The summed E-state index contributed by atoms with van der Waals surface area (Å²) in [6.07, 6.45) is 1.25. The Labute approximate surface area is 139 Å². The van der Waals surface area contributed by atoms with Crippen molar-refractivity contribution >= 4 is 12.2 Å². The molecule has 0 atom stereocenters. The molecular formula is C17H29N3O3. The molecule has 0 aromatic heterocycles. The monoisotopic (exact) mass is 323 g/mol. The van der Waals surface area contributed by atoms with Crippen molar-refractivity contribution in [1.82, 2.24) is 10.2 Å². The zero-order valence-corrected chi connectivity index (χ0v) is 14.8. The van der Waals surface area contributed by atoms with Crippen LogP contribution in [-0.4, -0.2) is 50.5 Å². The highest BCUT2D eigenvalue weighted by Gasteiger charge is 2.18. The number of urea groups is 1. The molecule has 130 valence electrons. The third-order valence-electron chi connectivity index (χ3n) is 2.92. The van der Waals surface area contributed by atoms with Gasteiger partial charge in [0.25, 0.3) is 0 Å². The number of carbonyl (C=O) groups is 1. The van der Waals surface area contributed by atoms with E-state index in [4.69, 9.17) is 14.9 Å². The molecule has 0 spiro atoms. The molecule has 2 amide bonds. The van der Waals surface area contributed by atoms with E-state index in [0.717, 1.165) is 5.56 Å². The molecule has 6 heteroatoms. The molecule has 1 saturated heterocycles. The summed E-state index contributed by atoms with van der Waals surface area (Å²) >= 11 is 0. The molecule has 6 nitrogen and oxygen atoms in total. The Morgan fingerprint density at radius 3 is 2.48 bits per heavy atom. The number of methoxy groups -OCH3 is 1. The lowest BCUT2D eigenvalue weighted by molar-refractivity contribution is 0.201. The minimum atomic E-state index is -0.0466. The minimum absolute atomic E-state index is 0.0466. The standard InChI is InChI=1S/C13H17N3O3.2C2H6/c1-18-12-8-10(9-14)2-3-11(12)19-7-6-16-5-4-15-13(16)17;2*1-2/h2-3,8-9,14H,4-7H2,1H3,(H,15,17);2*1-2H3. The molecule has 0 aliphatic carbocycles. The Balaban J connectivity index is 0.00000112. The van der Waals surface area contributed by atoms with Gasteiger partial charge >= 0.3 is 6.03 Å². The lowest BCUT2D eigenvalue weighted by Gasteiger charge is -2.16. The van der Waals surface area contributed by atoms with Crippen LogP contribution in [0.5, 0.6) is 11.5 Å². The van der Waals surface area contributed by atoms with Crippen molar-refractivity contribution in [2.45, 2.75) is 27.7 Å². The Bertz CT molecular complexity index is 478. The smallest absolute Gasteiger partial charge is 0.317 e. The molecule has 0 bridgehead atoms. The van der Waals surface area contributed by atoms with Crippen LogP contribution >= 0.6 is 0 Å². The van der Waals surface area contributed by atoms with E-state index < -0.39 is 0 Å². The third kappa shape index (κ3) is 6.59. The molecule has 0 radical (unpaired) electrons. The van der Waals surface area contributed by atoms with E-state index >= 15 is 0 Å². The van der Waals surface area contributed by atoms with E-state index in [2.05, 4.69) is 5.32 Å². The van der Waals surface area contributed by atoms with E-state index in [0.29, 0.717) is 37.7 Å². The Morgan fingerprint density at radius 2 is 1.96 bits per heavy atom. The van der Waals surface area contributed by atoms with Gasteiger partial charge in [-0.25, -0.2) is 4.79 Å². The topological polar surface area (TPSA) is 74.7 Å². The number of nitrogens with zero attached hydrogens (tertiary/aromatic N) is 1. The SMILES string of the molecule is CC.CC.COc1cc(C=N)ccc1OCCN1CCNC1=O. The van der Waals surface area contributed by atoms with Crippen molar-refractivity contribution in [3.63, 3.8) is 0 Å². The normalized spacial score (nSPS) is 12.2. The fraction of sp³-hybridized carbons (Fsp3) is 0.529. The average molecular weight is 323 g/mol. The fourth-order valence-corrected chi connectivity index (χ4v) is 1.88. The van der Waals surface area contributed by atoms with Gasteiger partial charge in [-0.05, 0) is 23.8 Å². The summed E-state index contributed by atoms with van der Waals surface area (Å²) in [6, 6.07) is 5.25. The molecule has 0 saturated carbocycles. The number of amides is 2. The third-order valence-corrected chi connectivity index (χ3v) is 2.92. The van der Waals surface area contributed by atoms with Crippen LogP contribution in [0.2, 0.25) is 0 Å². The second-order valence-corrected chi connectivity index (χ2v) is 4.12. The highest BCUT2D eigenvalue weighted by Crippen LogP contribution is 2.27. The first-order valence-corrected chi connectivity index (χ1v) is 8.08. The lowest BCUT2D eigenvalue weighted by Crippen LogP contribution is -2.31. The number of nitrogens with one attached hydrogen (secondary N) is 2. The number of ether oxygens (including phenoxy) is 2. The van der Waals surface area contributed by atoms with Crippen LogP contribution in [0.25, 0.3) is 0 Å². The van der Waals surface area contributed by atoms with Gasteiger partial charge in [0, 0.05) is 19.3 Å². The van der Waals surface area contributed by atoms with Gasteiger partial charge in [0.1, 0.15) is 6.61 Å². The fourth-order valence-electron chi connectivity index (χ4n) is 1.88. The van der Waals surface area contributed by atoms with Crippen LogP contribution in [-0.2, 0) is 0 Å². The predicted molar refractivity (Wildman–Crippen MR) is 94.0 cm³/mol. The summed E-state index contributed by atoms with van der Waals surface area (Å²) in [4.78, 5) is 13.0. The van der Waals surface area contributed by atoms with Gasteiger partial charge in [0.2, 0.25) is 0 Å². The van der Waals surface area contributed by atoms with Crippen LogP contribution < -0.4 is 14.8 Å². The van der Waals surface area contributed by atoms with Crippen LogP contribution in [0.3, 0.4) is 0 Å². The van der Waals surface area contributed by atoms with Crippen molar-refractivity contribution in [3.8, 4) is 11.5 Å². The van der Waals surface area contributed by atoms with E-state index in [1.165, 1.54) is 6.21 Å². The van der Waals surface area contributed by atoms with Crippen LogP contribution in [0.4, 0.5) is 4.79 Å². The van der Waals surface area contributed by atoms with Crippen molar-refractivity contribution in [1.29, 1.82) is 5.41 Å². The van der Waals surface area contributed by atoms with Gasteiger partial charge in [0.05, 0.1) is 13.7 Å². The highest BCUT2D eigenvalue weighted by molar-refractivity contribution is 5.78. The van der Waals surface area contributed by atoms with Gasteiger partial charge < -0.3 is 25.1 Å². The molecule has 23 heavy (non-hydrogen) atoms. The van der Waals surface area contributed by atoms with Crippen LogP contribution in [0.15, 0.2) is 18.2 Å². The van der Waals surface area contributed by atoms with Gasteiger partial charge in [-0.3, -0.25) is 0 Å². The number of rotatable bonds is 6. The van der Waals surface area contributed by atoms with E-state index in [9.17, 15) is 4.79 Å². The van der Waals surface area contributed by atoms with Crippen molar-refractivity contribution < 1.29 is 14.3 Å². The molecule has 1 fully saturated rings. The average Bonchev–Trinajstić information content (AvgIpc) is 3.03. The molecule has 1 aromatic rings. The minimum Gasteiger partial charge on any atom is -0.493 e. The molecule has 2 rings (SSSR count). The molecule has 0 unspecified atom stereocenters. The van der Waals surface area contributed by atoms with Gasteiger partial charge in [-0.15, -0.1) is 0 Å². The maximum Gasteiger partial charge on any atom is 0.317 e. The summed E-state index contributed by atoms with van der Waals surface area (Å²) in [5, 5.41) is 9.92. The second kappa shape index (κ2) is 12.3. The maximum absolute atomic E-state index is 11.3. The highest BCUT2D eigenvalue weighted by atomic mass is 16.5. The number of carbonyl (C=O) groups excluding carboxylic acids is 1. The molecule has 2 N–H and O–H groups in total. The number of benzene rings is 1. The first kappa shape index (κ1) is 20.8. The van der Waals surface area contributed by atoms with Crippen LogP contribution in [0.1, 0.15) is 33.3 Å². The Morgan fingerprint density at radius 1 is 1.26 bits per heavy atom. The molecular weight excluding hydrogens is 294 g/mol. The molecule has 1 heterocycles. The van der Waals surface area contributed by atoms with Gasteiger partial charge in [-0.2, -0.15) is 0 Å². The summed E-state index contributed by atoms with van der Waals surface area (Å²) < 4.78 is 10.8. The predicted octanol–water partition coefficient (Wildman–Crippen LogP) is 3.15. The zero-order chi connectivity index (χ0) is 17.7. The summed E-state index contributed by atoms with van der Waals surface area (Å²) in [6.45, 7) is 10.4. The molecule has 1 aliphatic rings. The largest absolute Gasteiger partial charge is 0.493 e. The van der Waals surface area contributed by atoms with Crippen LogP contribution in [0, 0.1) is 5.41 Å². The maximum atomic E-state index is 11.3. The second-order valence-electron chi connectivity index (χ2n) is 4.12. The zero-order valence-electron chi connectivity index (χ0n) is 14.8. The summed E-state index contributed by atoms with van der Waals surface area (Å²) in [5.74, 6) is 1.21. The van der Waals surface area contributed by atoms with E-state index in [-0.39, 0.29) is 6.03 Å². The quantitative estimate of drug-likeness (QED) is 0.790. The summed E-state index contributed by atoms with van der Waals surface area (Å²) in [5.41, 5.74) is 0.753. The number of hydrogen-bond donors (Lipinski definition) is 2. The molecule has 1 aromatic carbocycles. The first-order chi connectivity index (χ1) is 11.2. The Hall–Kier alpha value is -2.24. The van der Waals surface area contributed by atoms with Gasteiger partial charge in [-0.1, -0.05) is 27.7 Å². The van der Waals surface area contributed by atoms with Crippen molar-refractivity contribution in [2.75, 3.05) is 33.4 Å². The van der Waals surface area contributed by atoms with Crippen molar-refractivity contribution in [3.05, 3.63) is 23.8 Å². The van der Waals surface area contributed by atoms with E-state index in [1.807, 2.05) is 27.7 Å². The van der Waals surface area contributed by atoms with Crippen molar-refractivity contribution in [2.24, 2.45) is 0 Å². The number of hydrogen-bond acceptors (Lipinski definition) is 4. The lowest BCUT2D eigenvalue weighted by atomic mass is 10.2. The summed E-state index contributed by atoms with van der Waals surface area (Å²) in [7, 11) is 1.56.